The molecule has 0 aliphatic heterocycles. The van der Waals surface area contributed by atoms with Gasteiger partial charge in [-0.3, -0.25) is 0 Å². The summed E-state index contributed by atoms with van der Waals surface area (Å²) in [6.45, 7) is -0.0966. The molecule has 1 atom stereocenters. The number of carbonyl (C=O) groups excluding carboxylic acids is 1. The standard InChI is InChI=1S/C11H14O4/c1-14-11(13)10(7-12)15-8-9-5-3-2-4-6-9/h2-6,10,12H,7-8H2,1H3/t10-/m1/s1. The van der Waals surface area contributed by atoms with E-state index in [9.17, 15) is 4.79 Å². The van der Waals surface area contributed by atoms with E-state index < -0.39 is 12.1 Å². The van der Waals surface area contributed by atoms with Gasteiger partial charge < -0.3 is 14.6 Å². The molecule has 4 heteroatoms. The maximum absolute atomic E-state index is 11.1. The maximum Gasteiger partial charge on any atom is 0.337 e. The lowest BCUT2D eigenvalue weighted by atomic mass is 10.2. The maximum atomic E-state index is 11.1. The zero-order valence-corrected chi connectivity index (χ0v) is 8.55. The van der Waals surface area contributed by atoms with Gasteiger partial charge in [0.15, 0.2) is 6.10 Å². The summed E-state index contributed by atoms with van der Waals surface area (Å²) in [7, 11) is 1.26. The third-order valence-corrected chi connectivity index (χ3v) is 1.92. The summed E-state index contributed by atoms with van der Waals surface area (Å²) in [4.78, 5) is 11.1. The van der Waals surface area contributed by atoms with Gasteiger partial charge in [0.05, 0.1) is 20.3 Å². The minimum Gasteiger partial charge on any atom is -0.467 e. The van der Waals surface area contributed by atoms with Gasteiger partial charge in [0.2, 0.25) is 0 Å². The van der Waals surface area contributed by atoms with Gasteiger partial charge in [-0.2, -0.15) is 0 Å². The highest BCUT2D eigenvalue weighted by atomic mass is 16.6. The predicted octanol–water partition coefficient (Wildman–Crippen LogP) is 0.737. The first-order valence-electron chi connectivity index (χ1n) is 4.62. The highest BCUT2D eigenvalue weighted by molar-refractivity contribution is 5.74. The van der Waals surface area contributed by atoms with E-state index in [4.69, 9.17) is 9.84 Å². The molecule has 0 aliphatic carbocycles. The van der Waals surface area contributed by atoms with E-state index in [0.29, 0.717) is 0 Å². The van der Waals surface area contributed by atoms with Gasteiger partial charge in [0.25, 0.3) is 0 Å². The quantitative estimate of drug-likeness (QED) is 0.728. The van der Waals surface area contributed by atoms with Crippen LogP contribution in [0.5, 0.6) is 0 Å². The minimum atomic E-state index is -0.907. The summed E-state index contributed by atoms with van der Waals surface area (Å²) in [6.07, 6.45) is -0.907. The lowest BCUT2D eigenvalue weighted by molar-refractivity contribution is -0.157. The van der Waals surface area contributed by atoms with E-state index in [1.54, 1.807) is 0 Å². The Kier molecular flexibility index (Phi) is 4.80. The number of hydrogen-bond donors (Lipinski definition) is 1. The highest BCUT2D eigenvalue weighted by Crippen LogP contribution is 2.04. The molecule has 0 spiro atoms. The molecule has 0 saturated heterocycles. The molecule has 4 nitrogen and oxygen atoms in total. The summed E-state index contributed by atoms with van der Waals surface area (Å²) >= 11 is 0. The number of esters is 1. The van der Waals surface area contributed by atoms with Crippen LogP contribution in [0.4, 0.5) is 0 Å². The van der Waals surface area contributed by atoms with Crippen LogP contribution in [0.15, 0.2) is 30.3 Å². The fourth-order valence-corrected chi connectivity index (χ4v) is 1.10. The van der Waals surface area contributed by atoms with Crippen molar-refractivity contribution >= 4 is 5.97 Å². The molecule has 0 heterocycles. The summed E-state index contributed by atoms with van der Waals surface area (Å²) in [6, 6.07) is 9.42. The molecule has 1 aromatic rings. The zero-order chi connectivity index (χ0) is 11.1. The molecule has 0 amide bonds. The first-order chi connectivity index (χ1) is 7.27. The van der Waals surface area contributed by atoms with E-state index in [-0.39, 0.29) is 13.2 Å². The van der Waals surface area contributed by atoms with Crippen molar-refractivity contribution in [2.45, 2.75) is 12.7 Å². The molecular weight excluding hydrogens is 196 g/mol. The van der Waals surface area contributed by atoms with Crippen LogP contribution >= 0.6 is 0 Å². The zero-order valence-electron chi connectivity index (χ0n) is 8.55. The molecule has 1 rings (SSSR count). The average molecular weight is 210 g/mol. The average Bonchev–Trinajstić information content (AvgIpc) is 2.31. The Morgan fingerprint density at radius 2 is 2.07 bits per heavy atom. The van der Waals surface area contributed by atoms with Gasteiger partial charge in [0.1, 0.15) is 0 Å². The summed E-state index contributed by atoms with van der Waals surface area (Å²) in [5, 5.41) is 8.88. The molecule has 0 radical (unpaired) electrons. The Morgan fingerprint density at radius 3 is 2.60 bits per heavy atom. The Labute approximate surface area is 88.4 Å². The second kappa shape index (κ2) is 6.16. The fraction of sp³-hybridized carbons (Fsp3) is 0.364. The SMILES string of the molecule is COC(=O)[C@@H](CO)OCc1ccccc1. The van der Waals surface area contributed by atoms with Crippen molar-refractivity contribution in [2.75, 3.05) is 13.7 Å². The Hall–Kier alpha value is -1.39. The third-order valence-electron chi connectivity index (χ3n) is 1.92. The van der Waals surface area contributed by atoms with Crippen LogP contribution < -0.4 is 0 Å². The molecule has 1 N–H and O–H groups in total. The molecule has 82 valence electrons. The topological polar surface area (TPSA) is 55.8 Å². The van der Waals surface area contributed by atoms with Crippen LogP contribution in [-0.4, -0.2) is 30.9 Å². The monoisotopic (exact) mass is 210 g/mol. The molecule has 15 heavy (non-hydrogen) atoms. The van der Waals surface area contributed by atoms with Crippen molar-refractivity contribution in [3.05, 3.63) is 35.9 Å². The Morgan fingerprint density at radius 1 is 1.40 bits per heavy atom. The van der Waals surface area contributed by atoms with Crippen LogP contribution in [0.3, 0.4) is 0 Å². The number of aliphatic hydroxyl groups excluding tert-OH is 1. The minimum absolute atomic E-state index is 0.279. The van der Waals surface area contributed by atoms with Crippen molar-refractivity contribution < 1.29 is 19.4 Å². The van der Waals surface area contributed by atoms with Crippen molar-refractivity contribution in [2.24, 2.45) is 0 Å². The van der Waals surface area contributed by atoms with E-state index in [2.05, 4.69) is 4.74 Å². The normalized spacial score (nSPS) is 12.1. The molecule has 0 aromatic heterocycles. The van der Waals surface area contributed by atoms with Gasteiger partial charge in [-0.25, -0.2) is 4.79 Å². The van der Waals surface area contributed by atoms with E-state index in [0.717, 1.165) is 5.56 Å². The Bertz CT molecular complexity index is 297. The number of carbonyl (C=O) groups is 1. The van der Waals surface area contributed by atoms with Crippen molar-refractivity contribution in [1.29, 1.82) is 0 Å². The van der Waals surface area contributed by atoms with E-state index in [1.165, 1.54) is 7.11 Å². The van der Waals surface area contributed by atoms with Crippen molar-refractivity contribution in [3.8, 4) is 0 Å². The van der Waals surface area contributed by atoms with Crippen molar-refractivity contribution in [3.63, 3.8) is 0 Å². The molecule has 0 saturated carbocycles. The van der Waals surface area contributed by atoms with Crippen LogP contribution in [0.25, 0.3) is 0 Å². The van der Waals surface area contributed by atoms with Crippen LogP contribution in [-0.2, 0) is 20.9 Å². The second-order valence-corrected chi connectivity index (χ2v) is 2.99. The first kappa shape index (κ1) is 11.7. The molecule has 1 aromatic carbocycles. The molecule has 0 unspecified atom stereocenters. The number of hydrogen-bond acceptors (Lipinski definition) is 4. The van der Waals surface area contributed by atoms with Gasteiger partial charge in [-0.1, -0.05) is 30.3 Å². The van der Waals surface area contributed by atoms with Crippen LogP contribution in [0, 0.1) is 0 Å². The summed E-state index contributed by atoms with van der Waals surface area (Å²) in [5.74, 6) is -0.562. The summed E-state index contributed by atoms with van der Waals surface area (Å²) in [5.41, 5.74) is 0.944. The highest BCUT2D eigenvalue weighted by Gasteiger charge is 2.18. The first-order valence-corrected chi connectivity index (χ1v) is 4.62. The van der Waals surface area contributed by atoms with Gasteiger partial charge in [-0.15, -0.1) is 0 Å². The van der Waals surface area contributed by atoms with Gasteiger partial charge >= 0.3 is 5.97 Å². The van der Waals surface area contributed by atoms with Crippen molar-refractivity contribution in [1.82, 2.24) is 0 Å². The predicted molar refractivity (Wildman–Crippen MR) is 54.1 cm³/mol. The lowest BCUT2D eigenvalue weighted by Gasteiger charge is -2.12. The third kappa shape index (κ3) is 3.69. The molecular formula is C11H14O4. The van der Waals surface area contributed by atoms with Crippen LogP contribution in [0.2, 0.25) is 0 Å². The summed E-state index contributed by atoms with van der Waals surface area (Å²) < 4.78 is 9.67. The fourth-order valence-electron chi connectivity index (χ4n) is 1.10. The number of benzene rings is 1. The van der Waals surface area contributed by atoms with Gasteiger partial charge in [0, 0.05) is 0 Å². The molecule has 0 bridgehead atoms. The number of ether oxygens (including phenoxy) is 2. The number of rotatable bonds is 5. The largest absolute Gasteiger partial charge is 0.467 e. The van der Waals surface area contributed by atoms with E-state index >= 15 is 0 Å². The van der Waals surface area contributed by atoms with E-state index in [1.807, 2.05) is 30.3 Å². The molecule has 0 fully saturated rings. The number of methoxy groups -OCH3 is 1. The van der Waals surface area contributed by atoms with Crippen LogP contribution in [0.1, 0.15) is 5.56 Å². The lowest BCUT2D eigenvalue weighted by Crippen LogP contribution is -2.29. The smallest absolute Gasteiger partial charge is 0.337 e. The number of aliphatic hydroxyl groups is 1. The molecule has 0 aliphatic rings. The Balaban J connectivity index is 2.44. The van der Waals surface area contributed by atoms with Gasteiger partial charge in [-0.05, 0) is 5.56 Å². The second-order valence-electron chi connectivity index (χ2n) is 2.99.